The fourth-order valence-corrected chi connectivity index (χ4v) is 3.66. The molecule has 0 aliphatic rings. The number of aryl methyl sites for hydroxylation is 2. The van der Waals surface area contributed by atoms with E-state index in [0.717, 1.165) is 0 Å². The second kappa shape index (κ2) is 8.63. The third kappa shape index (κ3) is 5.57. The molecular formula is C16H22N4O4S. The number of sulfonamides is 1. The number of hydrogen-bond donors (Lipinski definition) is 3. The minimum atomic E-state index is -3.65. The summed E-state index contributed by atoms with van der Waals surface area (Å²) in [5, 5.41) is 9.15. The molecule has 0 aliphatic heterocycles. The van der Waals surface area contributed by atoms with E-state index in [-0.39, 0.29) is 36.9 Å². The van der Waals surface area contributed by atoms with Crippen LogP contribution >= 0.6 is 0 Å². The number of nitrogens with zero attached hydrogens (tertiary/aromatic N) is 1. The zero-order chi connectivity index (χ0) is 18.3. The summed E-state index contributed by atoms with van der Waals surface area (Å²) in [5.41, 5.74) is 0.888. The quantitative estimate of drug-likeness (QED) is 0.571. The molecule has 2 aromatic rings. The van der Waals surface area contributed by atoms with E-state index in [9.17, 15) is 13.2 Å². The van der Waals surface area contributed by atoms with Crippen LogP contribution in [0, 0.1) is 13.8 Å². The van der Waals surface area contributed by atoms with Crippen molar-refractivity contribution in [1.29, 1.82) is 0 Å². The van der Waals surface area contributed by atoms with Crippen molar-refractivity contribution < 1.29 is 17.9 Å². The minimum Gasteiger partial charge on any atom is -0.493 e. The topological polar surface area (TPSA) is 113 Å². The lowest BCUT2D eigenvalue weighted by atomic mass is 10.3. The maximum atomic E-state index is 12.2. The van der Waals surface area contributed by atoms with Crippen molar-refractivity contribution in [3.63, 3.8) is 0 Å². The Kier molecular flexibility index (Phi) is 6.54. The standard InChI is InChI=1S/C16H22N4O4S/c1-12-16(13(2)20-19-12)25(22,23)18-10-9-17-15(21)8-11-24-14-6-4-3-5-7-14/h3-7,18H,8-11H2,1-2H3,(H,17,21)(H,19,20). The van der Waals surface area contributed by atoms with Crippen molar-refractivity contribution in [1.82, 2.24) is 20.2 Å². The Morgan fingerprint density at radius 2 is 1.92 bits per heavy atom. The largest absolute Gasteiger partial charge is 0.493 e. The van der Waals surface area contributed by atoms with Crippen molar-refractivity contribution in [3.8, 4) is 5.75 Å². The number of carbonyl (C=O) groups excluding carboxylic acids is 1. The Hall–Kier alpha value is -2.39. The normalized spacial score (nSPS) is 11.3. The van der Waals surface area contributed by atoms with Crippen molar-refractivity contribution >= 4 is 15.9 Å². The van der Waals surface area contributed by atoms with E-state index in [2.05, 4.69) is 20.2 Å². The molecule has 0 atom stereocenters. The molecule has 0 bridgehead atoms. The van der Waals surface area contributed by atoms with Gasteiger partial charge in [-0.2, -0.15) is 5.10 Å². The van der Waals surface area contributed by atoms with E-state index in [1.807, 2.05) is 30.3 Å². The lowest BCUT2D eigenvalue weighted by Crippen LogP contribution is -2.35. The van der Waals surface area contributed by atoms with Crippen LogP contribution in [0.1, 0.15) is 17.8 Å². The summed E-state index contributed by atoms with van der Waals surface area (Å²) in [6, 6.07) is 9.21. The highest BCUT2D eigenvalue weighted by molar-refractivity contribution is 7.89. The summed E-state index contributed by atoms with van der Waals surface area (Å²) in [6.07, 6.45) is 0.196. The molecule has 0 fully saturated rings. The van der Waals surface area contributed by atoms with Gasteiger partial charge in [-0.1, -0.05) is 18.2 Å². The van der Waals surface area contributed by atoms with Crippen molar-refractivity contribution in [2.75, 3.05) is 19.7 Å². The van der Waals surface area contributed by atoms with Gasteiger partial charge in [0.1, 0.15) is 10.6 Å². The van der Waals surface area contributed by atoms with Crippen molar-refractivity contribution in [2.45, 2.75) is 25.2 Å². The van der Waals surface area contributed by atoms with Gasteiger partial charge < -0.3 is 10.1 Å². The fraction of sp³-hybridized carbons (Fsp3) is 0.375. The molecule has 1 amide bonds. The van der Waals surface area contributed by atoms with Gasteiger partial charge in [0, 0.05) is 13.1 Å². The molecule has 0 saturated carbocycles. The second-order valence-corrected chi connectivity index (χ2v) is 7.13. The van der Waals surface area contributed by atoms with Crippen LogP contribution < -0.4 is 14.8 Å². The smallest absolute Gasteiger partial charge is 0.244 e. The molecule has 0 unspecified atom stereocenters. The highest BCUT2D eigenvalue weighted by Crippen LogP contribution is 2.15. The van der Waals surface area contributed by atoms with Gasteiger partial charge in [-0.3, -0.25) is 9.89 Å². The average molecular weight is 366 g/mol. The average Bonchev–Trinajstić information content (AvgIpc) is 2.92. The van der Waals surface area contributed by atoms with Crippen LogP contribution in [0.4, 0.5) is 0 Å². The first-order valence-corrected chi connectivity index (χ1v) is 9.34. The van der Waals surface area contributed by atoms with Crippen LogP contribution in [0.25, 0.3) is 0 Å². The number of ether oxygens (including phenoxy) is 1. The van der Waals surface area contributed by atoms with Gasteiger partial charge in [-0.25, -0.2) is 13.1 Å². The number of rotatable bonds is 9. The first kappa shape index (κ1) is 18.9. The van der Waals surface area contributed by atoms with E-state index >= 15 is 0 Å². The third-order valence-corrected chi connectivity index (χ3v) is 5.13. The van der Waals surface area contributed by atoms with Crippen LogP contribution in [0.2, 0.25) is 0 Å². The fourth-order valence-electron chi connectivity index (χ4n) is 2.26. The molecule has 136 valence electrons. The molecule has 9 heteroatoms. The number of para-hydroxylation sites is 1. The summed E-state index contributed by atoms with van der Waals surface area (Å²) >= 11 is 0. The summed E-state index contributed by atoms with van der Waals surface area (Å²) in [7, 11) is -3.65. The molecule has 1 aromatic heterocycles. The molecule has 2 rings (SSSR count). The molecule has 0 aliphatic carbocycles. The number of aromatic amines is 1. The number of aromatic nitrogens is 2. The highest BCUT2D eigenvalue weighted by Gasteiger charge is 2.21. The van der Waals surface area contributed by atoms with Gasteiger partial charge in [0.05, 0.1) is 24.4 Å². The number of hydrogen-bond acceptors (Lipinski definition) is 5. The molecule has 25 heavy (non-hydrogen) atoms. The Morgan fingerprint density at radius 3 is 2.56 bits per heavy atom. The summed E-state index contributed by atoms with van der Waals surface area (Å²) in [4.78, 5) is 11.9. The van der Waals surface area contributed by atoms with Crippen LogP contribution in [0.15, 0.2) is 35.2 Å². The number of nitrogens with one attached hydrogen (secondary N) is 3. The first-order valence-electron chi connectivity index (χ1n) is 7.86. The Balaban J connectivity index is 1.68. The van der Waals surface area contributed by atoms with Gasteiger partial charge >= 0.3 is 0 Å². The monoisotopic (exact) mass is 366 g/mol. The molecule has 1 aromatic carbocycles. The Labute approximate surface area is 147 Å². The zero-order valence-electron chi connectivity index (χ0n) is 14.2. The number of H-pyrrole nitrogens is 1. The minimum absolute atomic E-state index is 0.0949. The molecular weight excluding hydrogens is 344 g/mol. The predicted octanol–water partition coefficient (Wildman–Crippen LogP) is 0.890. The second-order valence-electron chi connectivity index (χ2n) is 5.42. The van der Waals surface area contributed by atoms with Crippen LogP contribution in [0.3, 0.4) is 0 Å². The van der Waals surface area contributed by atoms with E-state index < -0.39 is 10.0 Å². The molecule has 3 N–H and O–H groups in total. The summed E-state index contributed by atoms with van der Waals surface area (Å²) in [6.45, 7) is 3.81. The maximum absolute atomic E-state index is 12.2. The van der Waals surface area contributed by atoms with Gasteiger partial charge in [-0.15, -0.1) is 0 Å². The van der Waals surface area contributed by atoms with Crippen LogP contribution in [0.5, 0.6) is 5.75 Å². The van der Waals surface area contributed by atoms with E-state index in [0.29, 0.717) is 17.1 Å². The molecule has 0 radical (unpaired) electrons. The van der Waals surface area contributed by atoms with Gasteiger partial charge in [-0.05, 0) is 26.0 Å². The van der Waals surface area contributed by atoms with Gasteiger partial charge in [0.2, 0.25) is 15.9 Å². The number of benzene rings is 1. The van der Waals surface area contributed by atoms with Crippen LogP contribution in [-0.4, -0.2) is 44.2 Å². The van der Waals surface area contributed by atoms with Crippen molar-refractivity contribution in [2.24, 2.45) is 0 Å². The molecule has 1 heterocycles. The Morgan fingerprint density at radius 1 is 1.20 bits per heavy atom. The third-order valence-electron chi connectivity index (χ3n) is 3.41. The predicted molar refractivity (Wildman–Crippen MR) is 92.8 cm³/mol. The first-order chi connectivity index (χ1) is 11.9. The van der Waals surface area contributed by atoms with E-state index in [4.69, 9.17) is 4.74 Å². The van der Waals surface area contributed by atoms with Gasteiger partial charge in [0.25, 0.3) is 0 Å². The highest BCUT2D eigenvalue weighted by atomic mass is 32.2. The summed E-state index contributed by atoms with van der Waals surface area (Å²) in [5.74, 6) is 0.500. The number of carbonyl (C=O) groups is 1. The zero-order valence-corrected chi connectivity index (χ0v) is 15.0. The molecule has 0 spiro atoms. The maximum Gasteiger partial charge on any atom is 0.244 e. The molecule has 8 nitrogen and oxygen atoms in total. The van der Waals surface area contributed by atoms with E-state index in [1.165, 1.54) is 0 Å². The van der Waals surface area contributed by atoms with E-state index in [1.54, 1.807) is 13.8 Å². The summed E-state index contributed by atoms with van der Waals surface area (Å²) < 4.78 is 32.3. The molecule has 0 saturated heterocycles. The SMILES string of the molecule is Cc1n[nH]c(C)c1S(=O)(=O)NCCNC(=O)CCOc1ccccc1. The number of amides is 1. The Bertz CT molecular complexity index is 783. The lowest BCUT2D eigenvalue weighted by Gasteiger charge is -2.09. The van der Waals surface area contributed by atoms with Crippen molar-refractivity contribution in [3.05, 3.63) is 41.7 Å². The van der Waals surface area contributed by atoms with Crippen LogP contribution in [-0.2, 0) is 14.8 Å². The lowest BCUT2D eigenvalue weighted by molar-refractivity contribution is -0.121. The van der Waals surface area contributed by atoms with Gasteiger partial charge in [0.15, 0.2) is 0 Å².